The molecule has 0 bridgehead atoms. The predicted molar refractivity (Wildman–Crippen MR) is 86.0 cm³/mol. The van der Waals surface area contributed by atoms with Gasteiger partial charge in [-0.15, -0.1) is 0 Å². The van der Waals surface area contributed by atoms with Gasteiger partial charge in [-0.25, -0.2) is 0 Å². The molecular weight excluding hydrogens is 316 g/mol. The van der Waals surface area contributed by atoms with Gasteiger partial charge in [0.05, 0.1) is 6.54 Å². The Hall–Kier alpha value is -1.94. The van der Waals surface area contributed by atoms with Crippen molar-refractivity contribution in [3.8, 4) is 5.75 Å². The van der Waals surface area contributed by atoms with E-state index in [4.69, 9.17) is 10.5 Å². The summed E-state index contributed by atoms with van der Waals surface area (Å²) < 4.78 is 8.97. The van der Waals surface area contributed by atoms with Crippen LogP contribution < -0.4 is 10.5 Å². The van der Waals surface area contributed by atoms with E-state index in [1.165, 1.54) is 5.52 Å². The van der Waals surface area contributed by atoms with Crippen molar-refractivity contribution in [3.05, 3.63) is 59.2 Å². The fourth-order valence-corrected chi connectivity index (χ4v) is 2.47. The largest absolute Gasteiger partial charge is 0.492 e. The summed E-state index contributed by atoms with van der Waals surface area (Å²) in [5.41, 5.74) is 7.76. The molecule has 0 aliphatic carbocycles. The van der Waals surface area contributed by atoms with Gasteiger partial charge in [0.1, 0.15) is 12.4 Å². The maximum absolute atomic E-state index is 5.78. The molecule has 3 rings (SSSR count). The topological polar surface area (TPSA) is 40.2 Å². The van der Waals surface area contributed by atoms with Crippen LogP contribution in [0, 0.1) is 0 Å². The lowest BCUT2D eigenvalue weighted by Crippen LogP contribution is -2.07. The first kappa shape index (κ1) is 13.1. The van der Waals surface area contributed by atoms with Gasteiger partial charge in [0, 0.05) is 27.3 Å². The number of nitrogens with zero attached hydrogens (tertiary/aromatic N) is 1. The molecule has 0 atom stereocenters. The molecule has 0 spiro atoms. The number of anilines is 1. The molecule has 0 saturated carbocycles. The molecule has 4 heteroatoms. The molecule has 3 aromatic rings. The highest BCUT2D eigenvalue weighted by Crippen LogP contribution is 2.19. The normalized spacial score (nSPS) is 10.8. The molecule has 0 amide bonds. The minimum absolute atomic E-state index is 0.635. The number of halogens is 1. The molecule has 2 aromatic carbocycles. The molecule has 0 radical (unpaired) electrons. The first-order valence-corrected chi connectivity index (χ1v) is 7.24. The average molecular weight is 331 g/mol. The van der Waals surface area contributed by atoms with Crippen LogP contribution in [-0.2, 0) is 6.54 Å². The summed E-state index contributed by atoms with van der Waals surface area (Å²) in [7, 11) is 0. The number of ether oxygens (including phenoxy) is 1. The first-order valence-electron chi connectivity index (χ1n) is 6.45. The van der Waals surface area contributed by atoms with Gasteiger partial charge < -0.3 is 15.0 Å². The number of rotatable bonds is 4. The van der Waals surface area contributed by atoms with E-state index in [-0.39, 0.29) is 0 Å². The van der Waals surface area contributed by atoms with Gasteiger partial charge in [0.2, 0.25) is 0 Å². The summed E-state index contributed by atoms with van der Waals surface area (Å²) in [5, 5.41) is 1.16. The van der Waals surface area contributed by atoms with E-state index in [0.29, 0.717) is 6.61 Å². The van der Waals surface area contributed by atoms with E-state index in [9.17, 15) is 0 Å². The third kappa shape index (κ3) is 2.80. The lowest BCUT2D eigenvalue weighted by Gasteiger charge is -2.08. The highest BCUT2D eigenvalue weighted by atomic mass is 79.9. The second-order valence-electron chi connectivity index (χ2n) is 4.63. The molecule has 1 heterocycles. The highest BCUT2D eigenvalue weighted by molar-refractivity contribution is 9.10. The van der Waals surface area contributed by atoms with Crippen LogP contribution in [0.1, 0.15) is 0 Å². The second-order valence-corrected chi connectivity index (χ2v) is 5.55. The number of benzene rings is 2. The zero-order valence-electron chi connectivity index (χ0n) is 10.9. The molecule has 0 aliphatic rings. The van der Waals surface area contributed by atoms with Gasteiger partial charge in [-0.1, -0.05) is 15.9 Å². The third-order valence-electron chi connectivity index (χ3n) is 3.21. The summed E-state index contributed by atoms with van der Waals surface area (Å²) in [6, 6.07) is 15.9. The molecule has 0 unspecified atom stereocenters. The lowest BCUT2D eigenvalue weighted by atomic mass is 10.2. The van der Waals surface area contributed by atoms with E-state index >= 15 is 0 Å². The standard InChI is InChI=1S/C16H15BrN2O/c17-13-1-4-15(5-2-13)20-10-9-19-8-7-12-11-14(18)3-6-16(12)19/h1-8,11H,9-10,18H2. The Morgan fingerprint density at radius 2 is 1.85 bits per heavy atom. The van der Waals surface area contributed by atoms with Crippen LogP contribution in [0.5, 0.6) is 5.75 Å². The summed E-state index contributed by atoms with van der Waals surface area (Å²) >= 11 is 3.41. The van der Waals surface area contributed by atoms with Crippen LogP contribution in [0.2, 0.25) is 0 Å². The minimum atomic E-state index is 0.635. The number of nitrogen functional groups attached to an aromatic ring is 1. The Bertz CT molecular complexity index is 719. The van der Waals surface area contributed by atoms with Crippen molar-refractivity contribution >= 4 is 32.5 Å². The maximum Gasteiger partial charge on any atom is 0.119 e. The van der Waals surface area contributed by atoms with Crippen LogP contribution in [0.4, 0.5) is 5.69 Å². The fourth-order valence-electron chi connectivity index (χ4n) is 2.21. The van der Waals surface area contributed by atoms with Gasteiger partial charge in [-0.05, 0) is 48.5 Å². The maximum atomic E-state index is 5.78. The van der Waals surface area contributed by atoms with E-state index < -0.39 is 0 Å². The zero-order chi connectivity index (χ0) is 13.9. The SMILES string of the molecule is Nc1ccc2c(ccn2CCOc2ccc(Br)cc2)c1. The fraction of sp³-hybridized carbons (Fsp3) is 0.125. The average Bonchev–Trinajstić information content (AvgIpc) is 2.83. The summed E-state index contributed by atoms with van der Waals surface area (Å²) in [4.78, 5) is 0. The number of nitrogens with two attached hydrogens (primary N) is 1. The van der Waals surface area contributed by atoms with Gasteiger partial charge >= 0.3 is 0 Å². The monoisotopic (exact) mass is 330 g/mol. The Kier molecular flexibility index (Phi) is 3.65. The van der Waals surface area contributed by atoms with Crippen LogP contribution in [0.15, 0.2) is 59.2 Å². The Labute approximate surface area is 126 Å². The Morgan fingerprint density at radius 3 is 2.65 bits per heavy atom. The van der Waals surface area contributed by atoms with Gasteiger partial charge in [0.25, 0.3) is 0 Å². The molecule has 3 nitrogen and oxygen atoms in total. The van der Waals surface area contributed by atoms with Crippen LogP contribution >= 0.6 is 15.9 Å². The number of aromatic nitrogens is 1. The van der Waals surface area contributed by atoms with Gasteiger partial charge in [0.15, 0.2) is 0 Å². The lowest BCUT2D eigenvalue weighted by molar-refractivity contribution is 0.300. The van der Waals surface area contributed by atoms with Crippen molar-refractivity contribution < 1.29 is 4.74 Å². The van der Waals surface area contributed by atoms with Crippen LogP contribution in [0.3, 0.4) is 0 Å². The van der Waals surface area contributed by atoms with Crippen molar-refractivity contribution in [2.45, 2.75) is 6.54 Å². The summed E-state index contributed by atoms with van der Waals surface area (Å²) in [6.07, 6.45) is 2.06. The van der Waals surface area contributed by atoms with Crippen molar-refractivity contribution in [3.63, 3.8) is 0 Å². The summed E-state index contributed by atoms with van der Waals surface area (Å²) in [6.45, 7) is 1.44. The van der Waals surface area contributed by atoms with E-state index in [2.05, 4.69) is 32.8 Å². The smallest absolute Gasteiger partial charge is 0.119 e. The predicted octanol–water partition coefficient (Wildman–Crippen LogP) is 4.07. The number of hydrogen-bond acceptors (Lipinski definition) is 2. The molecule has 102 valence electrons. The molecule has 1 aromatic heterocycles. The molecule has 0 saturated heterocycles. The van der Waals surface area contributed by atoms with Gasteiger partial charge in [-0.3, -0.25) is 0 Å². The second kappa shape index (κ2) is 5.59. The molecule has 2 N–H and O–H groups in total. The Balaban J connectivity index is 1.66. The van der Waals surface area contributed by atoms with E-state index in [1.807, 2.05) is 42.5 Å². The van der Waals surface area contributed by atoms with Crippen molar-refractivity contribution in [1.29, 1.82) is 0 Å². The third-order valence-corrected chi connectivity index (χ3v) is 3.74. The highest BCUT2D eigenvalue weighted by Gasteiger charge is 2.01. The molecule has 0 aliphatic heterocycles. The molecule has 0 fully saturated rings. The number of hydrogen-bond donors (Lipinski definition) is 1. The minimum Gasteiger partial charge on any atom is -0.492 e. The number of fused-ring (bicyclic) bond motifs is 1. The molecule has 20 heavy (non-hydrogen) atoms. The Morgan fingerprint density at radius 1 is 1.05 bits per heavy atom. The first-order chi connectivity index (χ1) is 9.72. The van der Waals surface area contributed by atoms with Crippen molar-refractivity contribution in [2.24, 2.45) is 0 Å². The van der Waals surface area contributed by atoms with Gasteiger partial charge in [-0.2, -0.15) is 0 Å². The zero-order valence-corrected chi connectivity index (χ0v) is 12.5. The van der Waals surface area contributed by atoms with E-state index in [1.54, 1.807) is 0 Å². The van der Waals surface area contributed by atoms with Crippen LogP contribution in [-0.4, -0.2) is 11.2 Å². The van der Waals surface area contributed by atoms with E-state index in [0.717, 1.165) is 27.8 Å². The van der Waals surface area contributed by atoms with Crippen molar-refractivity contribution in [1.82, 2.24) is 4.57 Å². The van der Waals surface area contributed by atoms with Crippen LogP contribution in [0.25, 0.3) is 10.9 Å². The van der Waals surface area contributed by atoms with Crippen molar-refractivity contribution in [2.75, 3.05) is 12.3 Å². The quantitative estimate of drug-likeness (QED) is 0.732. The summed E-state index contributed by atoms with van der Waals surface area (Å²) in [5.74, 6) is 0.883. The molecular formula is C16H15BrN2O.